The standard InChI is InChI=1S/C17H24N4O3/c1-20(11-13-9-15(22)10-19-13)16(23)12-4-2-5-14(8-12)21-7-3-6-18-17(21)24/h2,4-5,8,13,15,19,22H,3,6-7,9-11H2,1H3,(H,18,24)/t13-,15+/m0/s1. The second-order valence-electron chi connectivity index (χ2n) is 6.47. The first-order valence-electron chi connectivity index (χ1n) is 8.37. The fourth-order valence-electron chi connectivity index (χ4n) is 3.25. The fraction of sp³-hybridized carbons (Fsp3) is 0.529. The molecule has 3 amide bonds. The van der Waals surface area contributed by atoms with Crippen LogP contribution in [0.15, 0.2) is 24.3 Å². The summed E-state index contributed by atoms with van der Waals surface area (Å²) in [5, 5.41) is 15.6. The van der Waals surface area contributed by atoms with Crippen LogP contribution in [0.2, 0.25) is 0 Å². The predicted molar refractivity (Wildman–Crippen MR) is 91.2 cm³/mol. The Labute approximate surface area is 141 Å². The molecule has 2 fully saturated rings. The number of nitrogens with one attached hydrogen (secondary N) is 2. The van der Waals surface area contributed by atoms with Gasteiger partial charge < -0.3 is 20.6 Å². The molecule has 0 bridgehead atoms. The maximum Gasteiger partial charge on any atom is 0.321 e. The number of likely N-dealkylation sites (N-methyl/N-ethyl adjacent to an activating group) is 1. The Bertz CT molecular complexity index is 622. The van der Waals surface area contributed by atoms with Gasteiger partial charge in [-0.25, -0.2) is 4.79 Å². The van der Waals surface area contributed by atoms with Gasteiger partial charge in [-0.15, -0.1) is 0 Å². The Hall–Kier alpha value is -2.12. The van der Waals surface area contributed by atoms with E-state index in [1.807, 2.05) is 6.07 Å². The van der Waals surface area contributed by atoms with Gasteiger partial charge in [0.2, 0.25) is 0 Å². The topological polar surface area (TPSA) is 84.9 Å². The van der Waals surface area contributed by atoms with E-state index in [1.165, 1.54) is 0 Å². The van der Waals surface area contributed by atoms with E-state index in [0.717, 1.165) is 12.1 Å². The van der Waals surface area contributed by atoms with E-state index in [2.05, 4.69) is 10.6 Å². The number of benzene rings is 1. The van der Waals surface area contributed by atoms with Gasteiger partial charge in [0, 0.05) is 50.5 Å². The largest absolute Gasteiger partial charge is 0.392 e. The molecule has 2 saturated heterocycles. The lowest BCUT2D eigenvalue weighted by Gasteiger charge is -2.28. The Morgan fingerprint density at radius 2 is 2.29 bits per heavy atom. The van der Waals surface area contributed by atoms with Gasteiger partial charge in [0.15, 0.2) is 0 Å². The van der Waals surface area contributed by atoms with Gasteiger partial charge >= 0.3 is 6.03 Å². The predicted octanol–water partition coefficient (Wildman–Crippen LogP) is 0.401. The summed E-state index contributed by atoms with van der Waals surface area (Å²) < 4.78 is 0. The van der Waals surface area contributed by atoms with E-state index < -0.39 is 0 Å². The van der Waals surface area contributed by atoms with E-state index in [0.29, 0.717) is 38.2 Å². The normalized spacial score (nSPS) is 23.9. The highest BCUT2D eigenvalue weighted by Gasteiger charge is 2.25. The van der Waals surface area contributed by atoms with Crippen LogP contribution in [-0.4, -0.2) is 67.3 Å². The maximum absolute atomic E-state index is 12.6. The van der Waals surface area contributed by atoms with Gasteiger partial charge in [0.1, 0.15) is 0 Å². The van der Waals surface area contributed by atoms with Crippen molar-refractivity contribution in [1.29, 1.82) is 0 Å². The first-order chi connectivity index (χ1) is 11.5. The molecule has 1 aromatic carbocycles. The van der Waals surface area contributed by atoms with Crippen LogP contribution in [0.25, 0.3) is 0 Å². The second kappa shape index (κ2) is 7.19. The van der Waals surface area contributed by atoms with Crippen molar-refractivity contribution < 1.29 is 14.7 Å². The molecule has 0 saturated carbocycles. The summed E-state index contributed by atoms with van der Waals surface area (Å²) in [6.07, 6.45) is 1.21. The monoisotopic (exact) mass is 332 g/mol. The quantitative estimate of drug-likeness (QED) is 0.745. The van der Waals surface area contributed by atoms with Crippen LogP contribution >= 0.6 is 0 Å². The Morgan fingerprint density at radius 3 is 3.00 bits per heavy atom. The van der Waals surface area contributed by atoms with E-state index in [1.54, 1.807) is 35.0 Å². The van der Waals surface area contributed by atoms with Crippen LogP contribution in [0, 0.1) is 0 Å². The Morgan fingerprint density at radius 1 is 1.46 bits per heavy atom. The highest BCUT2D eigenvalue weighted by molar-refractivity contribution is 5.97. The third-order valence-corrected chi connectivity index (χ3v) is 4.52. The molecular weight excluding hydrogens is 308 g/mol. The highest BCUT2D eigenvalue weighted by atomic mass is 16.3. The molecule has 1 aromatic rings. The van der Waals surface area contributed by atoms with Crippen molar-refractivity contribution in [2.24, 2.45) is 0 Å². The molecule has 7 nitrogen and oxygen atoms in total. The lowest BCUT2D eigenvalue weighted by molar-refractivity contribution is 0.0780. The number of anilines is 1. The summed E-state index contributed by atoms with van der Waals surface area (Å²) in [5.74, 6) is -0.0857. The molecule has 24 heavy (non-hydrogen) atoms. The van der Waals surface area contributed by atoms with Gasteiger partial charge in [-0.3, -0.25) is 9.69 Å². The lowest BCUT2D eigenvalue weighted by atomic mass is 10.1. The van der Waals surface area contributed by atoms with E-state index in [4.69, 9.17) is 0 Å². The molecule has 0 spiro atoms. The lowest BCUT2D eigenvalue weighted by Crippen LogP contribution is -2.46. The van der Waals surface area contributed by atoms with E-state index in [9.17, 15) is 14.7 Å². The summed E-state index contributed by atoms with van der Waals surface area (Å²) >= 11 is 0. The summed E-state index contributed by atoms with van der Waals surface area (Å²) in [6.45, 7) is 2.47. The van der Waals surface area contributed by atoms with E-state index in [-0.39, 0.29) is 24.1 Å². The van der Waals surface area contributed by atoms with Crippen molar-refractivity contribution >= 4 is 17.6 Å². The molecule has 2 heterocycles. The minimum absolute atomic E-state index is 0.0857. The highest BCUT2D eigenvalue weighted by Crippen LogP contribution is 2.19. The molecule has 3 rings (SSSR count). The molecule has 2 aliphatic rings. The van der Waals surface area contributed by atoms with Gasteiger partial charge in [-0.1, -0.05) is 6.07 Å². The van der Waals surface area contributed by atoms with Crippen LogP contribution in [0.3, 0.4) is 0 Å². The van der Waals surface area contributed by atoms with Crippen LogP contribution in [0.1, 0.15) is 23.2 Å². The minimum Gasteiger partial charge on any atom is -0.392 e. The zero-order valence-corrected chi connectivity index (χ0v) is 13.9. The number of carbonyl (C=O) groups excluding carboxylic acids is 2. The number of amides is 3. The number of urea groups is 1. The summed E-state index contributed by atoms with van der Waals surface area (Å²) in [6, 6.07) is 7.17. The van der Waals surface area contributed by atoms with E-state index >= 15 is 0 Å². The first kappa shape index (κ1) is 16.7. The number of nitrogens with zero attached hydrogens (tertiary/aromatic N) is 2. The second-order valence-corrected chi connectivity index (χ2v) is 6.47. The van der Waals surface area contributed by atoms with Gasteiger partial charge in [0.25, 0.3) is 5.91 Å². The van der Waals surface area contributed by atoms with Crippen molar-refractivity contribution in [3.8, 4) is 0 Å². The zero-order valence-electron chi connectivity index (χ0n) is 13.9. The summed E-state index contributed by atoms with van der Waals surface area (Å²) in [4.78, 5) is 27.9. The minimum atomic E-state index is -0.334. The summed E-state index contributed by atoms with van der Waals surface area (Å²) in [5.41, 5.74) is 1.30. The van der Waals surface area contributed by atoms with Crippen molar-refractivity contribution in [2.45, 2.75) is 25.0 Å². The molecule has 2 atom stereocenters. The molecule has 130 valence electrons. The van der Waals surface area contributed by atoms with Crippen LogP contribution in [-0.2, 0) is 0 Å². The number of hydrogen-bond donors (Lipinski definition) is 3. The number of aliphatic hydroxyl groups is 1. The molecule has 0 aromatic heterocycles. The van der Waals surface area contributed by atoms with Crippen molar-refractivity contribution in [3.05, 3.63) is 29.8 Å². The average molecular weight is 332 g/mol. The molecule has 0 unspecified atom stereocenters. The smallest absolute Gasteiger partial charge is 0.321 e. The molecule has 7 heteroatoms. The van der Waals surface area contributed by atoms with Gasteiger partial charge in [-0.05, 0) is 31.0 Å². The Kier molecular flexibility index (Phi) is 5.01. The average Bonchev–Trinajstić information content (AvgIpc) is 2.99. The molecule has 3 N–H and O–H groups in total. The van der Waals surface area contributed by atoms with Crippen molar-refractivity contribution in [2.75, 3.05) is 38.1 Å². The number of aliphatic hydroxyl groups excluding tert-OH is 1. The number of rotatable bonds is 4. The number of hydrogen-bond acceptors (Lipinski definition) is 4. The molecule has 0 aliphatic carbocycles. The number of carbonyl (C=O) groups is 2. The maximum atomic E-state index is 12.6. The van der Waals surface area contributed by atoms with Crippen molar-refractivity contribution in [1.82, 2.24) is 15.5 Å². The molecule has 0 radical (unpaired) electrons. The Balaban J connectivity index is 1.68. The third-order valence-electron chi connectivity index (χ3n) is 4.52. The number of β-amino-alcohol motifs (C(OH)–C–C–N with tert-alkyl or cyclic N) is 1. The summed E-state index contributed by atoms with van der Waals surface area (Å²) in [7, 11) is 1.76. The van der Waals surface area contributed by atoms with Crippen LogP contribution < -0.4 is 15.5 Å². The van der Waals surface area contributed by atoms with Crippen LogP contribution in [0.4, 0.5) is 10.5 Å². The van der Waals surface area contributed by atoms with Gasteiger partial charge in [0.05, 0.1) is 6.10 Å². The van der Waals surface area contributed by atoms with Crippen molar-refractivity contribution in [3.63, 3.8) is 0 Å². The van der Waals surface area contributed by atoms with Crippen LogP contribution in [0.5, 0.6) is 0 Å². The third kappa shape index (κ3) is 3.68. The molecule has 2 aliphatic heterocycles. The zero-order chi connectivity index (χ0) is 17.1. The van der Waals surface area contributed by atoms with Gasteiger partial charge in [-0.2, -0.15) is 0 Å². The molecular formula is C17H24N4O3. The fourth-order valence-corrected chi connectivity index (χ4v) is 3.25. The first-order valence-corrected chi connectivity index (χ1v) is 8.37. The SMILES string of the molecule is CN(C[C@@H]1C[C@@H](O)CN1)C(=O)c1cccc(N2CCCNC2=O)c1.